The lowest BCUT2D eigenvalue weighted by molar-refractivity contribution is 0.0486. The molecule has 2 aliphatic heterocycles. The molecular formula is C24H23NO5. The predicted octanol–water partition coefficient (Wildman–Crippen LogP) is 3.83. The topological polar surface area (TPSA) is 69.0 Å². The van der Waals surface area contributed by atoms with Gasteiger partial charge in [-0.25, -0.2) is 0 Å². The second-order valence-electron chi connectivity index (χ2n) is 7.94. The number of hydrogen-bond acceptors (Lipinski definition) is 5. The van der Waals surface area contributed by atoms with E-state index in [9.17, 15) is 9.59 Å². The lowest BCUT2D eigenvalue weighted by Crippen LogP contribution is -2.36. The van der Waals surface area contributed by atoms with Gasteiger partial charge in [-0.05, 0) is 49.6 Å². The van der Waals surface area contributed by atoms with Crippen molar-refractivity contribution < 1.29 is 18.7 Å². The standard InChI is InChI=1S/C24H23NO5/c1-14-5-10-19-18(12-14)22(26)20-21(15-6-8-16(28-2)9-7-15)25(24(27)23(20)30-19)13-17-4-3-11-29-17/h5-10,12,17,21H,3-4,11,13H2,1-2H3/t17-,21-/m0/s1. The zero-order valence-electron chi connectivity index (χ0n) is 17.0. The molecule has 154 valence electrons. The van der Waals surface area contributed by atoms with Gasteiger partial charge in [0.25, 0.3) is 5.91 Å². The Balaban J connectivity index is 1.69. The highest BCUT2D eigenvalue weighted by Gasteiger charge is 2.43. The van der Waals surface area contributed by atoms with Gasteiger partial charge in [0.05, 0.1) is 30.2 Å². The summed E-state index contributed by atoms with van der Waals surface area (Å²) in [7, 11) is 1.61. The van der Waals surface area contributed by atoms with Crippen molar-refractivity contribution in [2.24, 2.45) is 0 Å². The quantitative estimate of drug-likeness (QED) is 0.660. The Morgan fingerprint density at radius 1 is 1.13 bits per heavy atom. The molecule has 6 heteroatoms. The van der Waals surface area contributed by atoms with Crippen LogP contribution in [-0.2, 0) is 4.74 Å². The summed E-state index contributed by atoms with van der Waals surface area (Å²) in [4.78, 5) is 28.6. The van der Waals surface area contributed by atoms with E-state index in [1.54, 1.807) is 18.1 Å². The molecule has 1 fully saturated rings. The second kappa shape index (κ2) is 7.29. The minimum absolute atomic E-state index is 0.0317. The van der Waals surface area contributed by atoms with E-state index in [4.69, 9.17) is 13.9 Å². The maximum atomic E-state index is 13.5. The first-order valence-corrected chi connectivity index (χ1v) is 10.2. The number of nitrogens with zero attached hydrogens (tertiary/aromatic N) is 1. The first-order chi connectivity index (χ1) is 14.6. The van der Waals surface area contributed by atoms with E-state index in [1.807, 2.05) is 43.3 Å². The summed E-state index contributed by atoms with van der Waals surface area (Å²) in [5.41, 5.74) is 2.50. The number of fused-ring (bicyclic) bond motifs is 2. The number of rotatable bonds is 4. The summed E-state index contributed by atoms with van der Waals surface area (Å²) in [6.45, 7) is 3.06. The number of carbonyl (C=O) groups is 1. The molecule has 0 unspecified atom stereocenters. The molecular weight excluding hydrogens is 382 g/mol. The molecule has 3 aromatic rings. The van der Waals surface area contributed by atoms with Crippen LogP contribution in [0.3, 0.4) is 0 Å². The fourth-order valence-corrected chi connectivity index (χ4v) is 4.46. The van der Waals surface area contributed by atoms with Crippen LogP contribution in [0.1, 0.15) is 46.1 Å². The van der Waals surface area contributed by atoms with E-state index >= 15 is 0 Å². The van der Waals surface area contributed by atoms with E-state index < -0.39 is 6.04 Å². The molecule has 3 heterocycles. The number of amides is 1. The smallest absolute Gasteiger partial charge is 0.291 e. The normalized spacial score (nSPS) is 20.7. The summed E-state index contributed by atoms with van der Waals surface area (Å²) in [6.07, 6.45) is 1.85. The van der Waals surface area contributed by atoms with Gasteiger partial charge in [-0.2, -0.15) is 0 Å². The lowest BCUT2D eigenvalue weighted by atomic mass is 9.98. The van der Waals surface area contributed by atoms with Crippen LogP contribution in [0.4, 0.5) is 0 Å². The molecule has 1 amide bonds. The maximum Gasteiger partial charge on any atom is 0.291 e. The van der Waals surface area contributed by atoms with Gasteiger partial charge in [0.2, 0.25) is 5.76 Å². The van der Waals surface area contributed by atoms with Gasteiger partial charge in [0.15, 0.2) is 5.43 Å². The average molecular weight is 405 g/mol. The predicted molar refractivity (Wildman–Crippen MR) is 112 cm³/mol. The molecule has 6 nitrogen and oxygen atoms in total. The van der Waals surface area contributed by atoms with Crippen LogP contribution < -0.4 is 10.2 Å². The summed E-state index contributed by atoms with van der Waals surface area (Å²) < 4.78 is 17.0. The minimum atomic E-state index is -0.510. The van der Waals surface area contributed by atoms with E-state index in [2.05, 4.69) is 0 Å². The fraction of sp³-hybridized carbons (Fsp3) is 0.333. The van der Waals surface area contributed by atoms with Crippen molar-refractivity contribution in [1.29, 1.82) is 0 Å². The Hall–Kier alpha value is -3.12. The van der Waals surface area contributed by atoms with Crippen LogP contribution in [0.5, 0.6) is 5.75 Å². The molecule has 30 heavy (non-hydrogen) atoms. The Morgan fingerprint density at radius 3 is 2.63 bits per heavy atom. The molecule has 0 saturated carbocycles. The van der Waals surface area contributed by atoms with E-state index in [0.717, 1.165) is 29.7 Å². The van der Waals surface area contributed by atoms with Crippen LogP contribution in [0, 0.1) is 6.92 Å². The van der Waals surface area contributed by atoms with Crippen LogP contribution in [0.2, 0.25) is 0 Å². The third kappa shape index (κ3) is 2.99. The van der Waals surface area contributed by atoms with Gasteiger partial charge in [-0.15, -0.1) is 0 Å². The first-order valence-electron chi connectivity index (χ1n) is 10.2. The van der Waals surface area contributed by atoms with Crippen molar-refractivity contribution in [3.8, 4) is 5.75 Å². The Labute approximate surface area is 174 Å². The van der Waals surface area contributed by atoms with Crippen molar-refractivity contribution >= 4 is 16.9 Å². The fourth-order valence-electron chi connectivity index (χ4n) is 4.46. The SMILES string of the molecule is COc1ccc([C@H]2c3c(oc4ccc(C)cc4c3=O)C(=O)N2C[C@@H]2CCCO2)cc1. The summed E-state index contributed by atoms with van der Waals surface area (Å²) in [5.74, 6) is 0.589. The van der Waals surface area contributed by atoms with E-state index in [1.165, 1.54) is 0 Å². The summed E-state index contributed by atoms with van der Waals surface area (Å²) in [6, 6.07) is 12.4. The van der Waals surface area contributed by atoms with Gasteiger partial charge in [0.1, 0.15) is 11.3 Å². The van der Waals surface area contributed by atoms with Crippen molar-refractivity contribution in [2.75, 3.05) is 20.3 Å². The highest BCUT2D eigenvalue weighted by molar-refractivity contribution is 5.99. The minimum Gasteiger partial charge on any atom is -0.497 e. The van der Waals surface area contributed by atoms with Gasteiger partial charge in [0, 0.05) is 13.2 Å². The molecule has 1 saturated heterocycles. The molecule has 0 bridgehead atoms. The van der Waals surface area contributed by atoms with Crippen molar-refractivity contribution in [3.63, 3.8) is 0 Å². The van der Waals surface area contributed by atoms with Crippen molar-refractivity contribution in [1.82, 2.24) is 4.90 Å². The van der Waals surface area contributed by atoms with Crippen LogP contribution in [0.15, 0.2) is 51.7 Å². The maximum absolute atomic E-state index is 13.5. The Kier molecular flexibility index (Phi) is 4.59. The molecule has 0 aliphatic carbocycles. The Morgan fingerprint density at radius 2 is 1.93 bits per heavy atom. The number of methoxy groups -OCH3 is 1. The van der Waals surface area contributed by atoms with Crippen molar-refractivity contribution in [2.45, 2.75) is 31.9 Å². The van der Waals surface area contributed by atoms with Crippen molar-refractivity contribution in [3.05, 3.63) is 75.1 Å². The first kappa shape index (κ1) is 18.9. The zero-order chi connectivity index (χ0) is 20.8. The molecule has 5 rings (SSSR count). The summed E-state index contributed by atoms with van der Waals surface area (Å²) >= 11 is 0. The zero-order valence-corrected chi connectivity index (χ0v) is 17.0. The monoisotopic (exact) mass is 405 g/mol. The number of benzene rings is 2. The second-order valence-corrected chi connectivity index (χ2v) is 7.94. The van der Waals surface area contributed by atoms with Crippen LogP contribution in [0.25, 0.3) is 11.0 Å². The number of aryl methyl sites for hydroxylation is 1. The van der Waals surface area contributed by atoms with Crippen LogP contribution in [-0.4, -0.2) is 37.2 Å². The van der Waals surface area contributed by atoms with Crippen LogP contribution >= 0.6 is 0 Å². The molecule has 1 aromatic heterocycles. The molecule has 2 atom stereocenters. The molecule has 0 spiro atoms. The van der Waals surface area contributed by atoms with Gasteiger partial charge in [-0.3, -0.25) is 9.59 Å². The average Bonchev–Trinajstić information content (AvgIpc) is 3.37. The number of hydrogen-bond donors (Lipinski definition) is 0. The van der Waals surface area contributed by atoms with E-state index in [-0.39, 0.29) is 23.2 Å². The van der Waals surface area contributed by atoms with Gasteiger partial charge >= 0.3 is 0 Å². The van der Waals surface area contributed by atoms with Gasteiger partial charge in [-0.1, -0.05) is 23.8 Å². The molecule has 0 N–H and O–H groups in total. The largest absolute Gasteiger partial charge is 0.497 e. The van der Waals surface area contributed by atoms with Gasteiger partial charge < -0.3 is 18.8 Å². The summed E-state index contributed by atoms with van der Waals surface area (Å²) in [5, 5.41) is 0.499. The highest BCUT2D eigenvalue weighted by atomic mass is 16.5. The number of ether oxygens (including phenoxy) is 2. The lowest BCUT2D eigenvalue weighted by Gasteiger charge is -2.27. The molecule has 2 aliphatic rings. The third-order valence-electron chi connectivity index (χ3n) is 5.98. The Bertz CT molecular complexity index is 1170. The molecule has 2 aromatic carbocycles. The third-order valence-corrected chi connectivity index (χ3v) is 5.98. The molecule has 0 radical (unpaired) electrons. The van der Waals surface area contributed by atoms with E-state index in [0.29, 0.717) is 29.7 Å². The highest BCUT2D eigenvalue weighted by Crippen LogP contribution is 2.39. The number of carbonyl (C=O) groups excluding carboxylic acids is 1.